The van der Waals surface area contributed by atoms with Gasteiger partial charge >= 0.3 is 0 Å². The van der Waals surface area contributed by atoms with Crippen molar-refractivity contribution in [2.45, 2.75) is 64.0 Å². The molecule has 0 aliphatic heterocycles. The number of amides is 1. The van der Waals surface area contributed by atoms with Crippen LogP contribution in [0.15, 0.2) is 0 Å². The van der Waals surface area contributed by atoms with Crippen LogP contribution in [0.4, 0.5) is 0 Å². The van der Waals surface area contributed by atoms with Gasteiger partial charge in [-0.25, -0.2) is 0 Å². The van der Waals surface area contributed by atoms with Gasteiger partial charge in [0.2, 0.25) is 5.91 Å². The summed E-state index contributed by atoms with van der Waals surface area (Å²) in [5, 5.41) is 13.3. The molecule has 4 nitrogen and oxygen atoms in total. The Kier molecular flexibility index (Phi) is 6.09. The zero-order valence-electron chi connectivity index (χ0n) is 12.0. The average Bonchev–Trinajstić information content (AvgIpc) is 2.63. The van der Waals surface area contributed by atoms with Crippen LogP contribution >= 0.6 is 0 Å². The predicted molar refractivity (Wildman–Crippen MR) is 73.4 cm³/mol. The van der Waals surface area contributed by atoms with Crippen molar-refractivity contribution in [1.29, 1.82) is 0 Å². The molecule has 1 aliphatic rings. The summed E-state index contributed by atoms with van der Waals surface area (Å²) < 4.78 is 0. The molecule has 18 heavy (non-hydrogen) atoms. The van der Waals surface area contributed by atoms with Gasteiger partial charge in [0.15, 0.2) is 0 Å². The third kappa shape index (κ3) is 5.36. The normalized spacial score (nSPS) is 20.1. The minimum atomic E-state index is -0.565. The Morgan fingerprint density at radius 2 is 2.06 bits per heavy atom. The van der Waals surface area contributed by atoms with E-state index in [1.165, 1.54) is 0 Å². The number of hydrogen-bond donors (Lipinski definition) is 2. The summed E-state index contributed by atoms with van der Waals surface area (Å²) in [6.07, 6.45) is 6.03. The summed E-state index contributed by atoms with van der Waals surface area (Å²) in [4.78, 5) is 13.7. The van der Waals surface area contributed by atoms with Crippen molar-refractivity contribution < 1.29 is 9.90 Å². The Hall–Kier alpha value is -0.610. The lowest BCUT2D eigenvalue weighted by Crippen LogP contribution is -2.45. The average molecular weight is 256 g/mol. The maximum atomic E-state index is 11.8. The summed E-state index contributed by atoms with van der Waals surface area (Å²) in [6, 6.07) is 0.241. The molecule has 0 radical (unpaired) electrons. The largest absolute Gasteiger partial charge is 0.389 e. The van der Waals surface area contributed by atoms with Crippen LogP contribution in [0.25, 0.3) is 0 Å². The molecule has 1 saturated carbocycles. The van der Waals surface area contributed by atoms with E-state index in [-0.39, 0.29) is 11.9 Å². The Labute approximate surface area is 111 Å². The third-order valence-electron chi connectivity index (χ3n) is 3.64. The maximum absolute atomic E-state index is 11.8. The number of rotatable bonds is 7. The third-order valence-corrected chi connectivity index (χ3v) is 3.64. The van der Waals surface area contributed by atoms with Crippen molar-refractivity contribution in [2.75, 3.05) is 20.1 Å². The van der Waals surface area contributed by atoms with E-state index < -0.39 is 5.60 Å². The monoisotopic (exact) mass is 256 g/mol. The van der Waals surface area contributed by atoms with Crippen LogP contribution in [-0.2, 0) is 4.79 Å². The standard InChI is InChI=1S/C14H28N2O2/c1-4-7-12(2)15-13(17)10-16(3)11-14(18)8-5-6-9-14/h12,18H,4-11H2,1-3H3,(H,15,17). The fourth-order valence-corrected chi connectivity index (χ4v) is 2.82. The minimum absolute atomic E-state index is 0.0556. The first kappa shape index (κ1) is 15.4. The molecule has 106 valence electrons. The summed E-state index contributed by atoms with van der Waals surface area (Å²) >= 11 is 0. The van der Waals surface area contributed by atoms with Crippen LogP contribution in [0.3, 0.4) is 0 Å². The van der Waals surface area contributed by atoms with Crippen molar-refractivity contribution >= 4 is 5.91 Å². The summed E-state index contributed by atoms with van der Waals surface area (Å²) in [5.41, 5.74) is -0.565. The number of carbonyl (C=O) groups excluding carboxylic acids is 1. The molecule has 1 amide bonds. The molecule has 1 unspecified atom stereocenters. The lowest BCUT2D eigenvalue weighted by molar-refractivity contribution is -0.123. The number of likely N-dealkylation sites (N-methyl/N-ethyl adjacent to an activating group) is 1. The van der Waals surface area contributed by atoms with Gasteiger partial charge < -0.3 is 10.4 Å². The zero-order chi connectivity index (χ0) is 13.6. The molecular weight excluding hydrogens is 228 g/mol. The molecule has 0 aromatic heterocycles. The lowest BCUT2D eigenvalue weighted by Gasteiger charge is -2.28. The minimum Gasteiger partial charge on any atom is -0.389 e. The fraction of sp³-hybridized carbons (Fsp3) is 0.929. The number of nitrogens with one attached hydrogen (secondary N) is 1. The van der Waals surface area contributed by atoms with Gasteiger partial charge in [-0.2, -0.15) is 0 Å². The SMILES string of the molecule is CCCC(C)NC(=O)CN(C)CC1(O)CCCC1. The van der Waals surface area contributed by atoms with Crippen molar-refractivity contribution in [2.24, 2.45) is 0 Å². The molecule has 0 saturated heterocycles. The number of nitrogens with zero attached hydrogens (tertiary/aromatic N) is 1. The maximum Gasteiger partial charge on any atom is 0.234 e. The predicted octanol–water partition coefficient (Wildman–Crippen LogP) is 1.53. The first-order chi connectivity index (χ1) is 8.45. The van der Waals surface area contributed by atoms with Crippen LogP contribution in [0.2, 0.25) is 0 Å². The van der Waals surface area contributed by atoms with Gasteiger partial charge in [-0.05, 0) is 33.2 Å². The van der Waals surface area contributed by atoms with E-state index in [0.717, 1.165) is 38.5 Å². The molecule has 1 atom stereocenters. The second kappa shape index (κ2) is 7.10. The summed E-state index contributed by atoms with van der Waals surface area (Å²) in [5.74, 6) is 0.0556. The fourth-order valence-electron chi connectivity index (χ4n) is 2.82. The van der Waals surface area contributed by atoms with E-state index in [9.17, 15) is 9.90 Å². The van der Waals surface area contributed by atoms with E-state index in [2.05, 4.69) is 12.2 Å². The zero-order valence-corrected chi connectivity index (χ0v) is 12.0. The Bertz CT molecular complexity index is 263. The van der Waals surface area contributed by atoms with Crippen molar-refractivity contribution in [3.05, 3.63) is 0 Å². The highest BCUT2D eigenvalue weighted by molar-refractivity contribution is 5.78. The topological polar surface area (TPSA) is 52.6 Å². The lowest BCUT2D eigenvalue weighted by atomic mass is 10.0. The van der Waals surface area contributed by atoms with E-state index in [4.69, 9.17) is 0 Å². The highest BCUT2D eigenvalue weighted by Gasteiger charge is 2.32. The molecule has 1 rings (SSSR count). The van der Waals surface area contributed by atoms with Crippen molar-refractivity contribution in [3.63, 3.8) is 0 Å². The molecule has 0 bridgehead atoms. The van der Waals surface area contributed by atoms with Crippen molar-refractivity contribution in [1.82, 2.24) is 10.2 Å². The van der Waals surface area contributed by atoms with E-state index in [1.54, 1.807) is 0 Å². The highest BCUT2D eigenvalue weighted by Crippen LogP contribution is 2.29. The Morgan fingerprint density at radius 3 is 2.61 bits per heavy atom. The Balaban J connectivity index is 2.26. The number of carbonyl (C=O) groups is 1. The second-order valence-corrected chi connectivity index (χ2v) is 5.86. The molecule has 0 aromatic carbocycles. The molecular formula is C14H28N2O2. The van der Waals surface area contributed by atoms with Crippen LogP contribution in [0.1, 0.15) is 52.4 Å². The quantitative estimate of drug-likeness (QED) is 0.726. The van der Waals surface area contributed by atoms with Crippen LogP contribution in [0, 0.1) is 0 Å². The molecule has 4 heteroatoms. The van der Waals surface area contributed by atoms with Gasteiger partial charge in [0.05, 0.1) is 12.1 Å². The van der Waals surface area contributed by atoms with Gasteiger partial charge in [0.25, 0.3) is 0 Å². The summed E-state index contributed by atoms with van der Waals surface area (Å²) in [6.45, 7) is 5.12. The van der Waals surface area contributed by atoms with Crippen molar-refractivity contribution in [3.8, 4) is 0 Å². The van der Waals surface area contributed by atoms with Crippen LogP contribution in [-0.4, -0.2) is 47.7 Å². The highest BCUT2D eigenvalue weighted by atomic mass is 16.3. The van der Waals surface area contributed by atoms with Crippen LogP contribution in [0.5, 0.6) is 0 Å². The van der Waals surface area contributed by atoms with Gasteiger partial charge in [-0.1, -0.05) is 26.2 Å². The molecule has 0 aromatic rings. The summed E-state index contributed by atoms with van der Waals surface area (Å²) in [7, 11) is 1.90. The van der Waals surface area contributed by atoms with Crippen LogP contribution < -0.4 is 5.32 Å². The molecule has 0 spiro atoms. The smallest absolute Gasteiger partial charge is 0.234 e. The van der Waals surface area contributed by atoms with E-state index in [0.29, 0.717) is 13.1 Å². The molecule has 1 aliphatic carbocycles. The Morgan fingerprint density at radius 1 is 1.44 bits per heavy atom. The number of hydrogen-bond acceptors (Lipinski definition) is 3. The number of aliphatic hydroxyl groups is 1. The van der Waals surface area contributed by atoms with E-state index in [1.807, 2.05) is 18.9 Å². The molecule has 1 fully saturated rings. The first-order valence-corrected chi connectivity index (χ1v) is 7.15. The molecule has 2 N–H and O–H groups in total. The van der Waals surface area contributed by atoms with E-state index >= 15 is 0 Å². The second-order valence-electron chi connectivity index (χ2n) is 5.86. The van der Waals surface area contributed by atoms with Gasteiger partial charge in [0, 0.05) is 12.6 Å². The van der Waals surface area contributed by atoms with Gasteiger partial charge in [0.1, 0.15) is 0 Å². The molecule has 0 heterocycles. The van der Waals surface area contributed by atoms with Gasteiger partial charge in [-0.15, -0.1) is 0 Å². The first-order valence-electron chi connectivity index (χ1n) is 7.15. The van der Waals surface area contributed by atoms with Gasteiger partial charge in [-0.3, -0.25) is 9.69 Å².